The Labute approximate surface area is 120 Å². The lowest BCUT2D eigenvalue weighted by Crippen LogP contribution is -2.33. The van der Waals surface area contributed by atoms with E-state index in [1.807, 2.05) is 19.0 Å². The second-order valence-corrected chi connectivity index (χ2v) is 5.70. The zero-order valence-corrected chi connectivity index (χ0v) is 12.7. The highest BCUT2D eigenvalue weighted by Gasteiger charge is 2.27. The smallest absolute Gasteiger partial charge is 0.231 e. The number of nitrogens with one attached hydrogen (secondary N) is 2. The minimum absolute atomic E-state index is 0.239. The van der Waals surface area contributed by atoms with E-state index in [1.165, 1.54) is 0 Å². The van der Waals surface area contributed by atoms with Crippen molar-refractivity contribution in [1.82, 2.24) is 15.0 Å². The molecular formula is C13H24N6O. The molecule has 1 fully saturated rings. The van der Waals surface area contributed by atoms with E-state index in [2.05, 4.69) is 32.5 Å². The molecule has 2 heterocycles. The Morgan fingerprint density at radius 3 is 2.40 bits per heavy atom. The van der Waals surface area contributed by atoms with Crippen LogP contribution in [0.4, 0.5) is 17.8 Å². The number of hydrogen-bond acceptors (Lipinski definition) is 7. The molecule has 2 rings (SSSR count). The van der Waals surface area contributed by atoms with E-state index in [4.69, 9.17) is 4.74 Å². The Morgan fingerprint density at radius 1 is 1.15 bits per heavy atom. The van der Waals surface area contributed by atoms with Crippen LogP contribution in [0.15, 0.2) is 0 Å². The van der Waals surface area contributed by atoms with Crippen LogP contribution in [0.3, 0.4) is 0 Å². The molecule has 0 radical (unpaired) electrons. The molecule has 0 amide bonds. The summed E-state index contributed by atoms with van der Waals surface area (Å²) < 4.78 is 5.42. The highest BCUT2D eigenvalue weighted by atomic mass is 16.5. The van der Waals surface area contributed by atoms with E-state index < -0.39 is 0 Å². The molecule has 0 unspecified atom stereocenters. The monoisotopic (exact) mass is 280 g/mol. The van der Waals surface area contributed by atoms with Crippen LogP contribution < -0.4 is 15.5 Å². The van der Waals surface area contributed by atoms with Gasteiger partial charge in [-0.1, -0.05) is 6.92 Å². The molecule has 7 nitrogen and oxygen atoms in total. The van der Waals surface area contributed by atoms with Crippen LogP contribution in [-0.4, -0.2) is 55.9 Å². The van der Waals surface area contributed by atoms with Gasteiger partial charge in [-0.2, -0.15) is 15.0 Å². The van der Waals surface area contributed by atoms with Crippen molar-refractivity contribution in [3.63, 3.8) is 0 Å². The van der Waals surface area contributed by atoms with Crippen LogP contribution in [0.1, 0.15) is 19.8 Å². The highest BCUT2D eigenvalue weighted by molar-refractivity contribution is 5.42. The van der Waals surface area contributed by atoms with Gasteiger partial charge in [0, 0.05) is 40.9 Å². The second kappa shape index (κ2) is 6.21. The van der Waals surface area contributed by atoms with Crippen molar-refractivity contribution in [3.05, 3.63) is 0 Å². The lowest BCUT2D eigenvalue weighted by molar-refractivity contribution is 0.0299. The van der Waals surface area contributed by atoms with Crippen LogP contribution in [0, 0.1) is 5.41 Å². The van der Waals surface area contributed by atoms with E-state index in [9.17, 15) is 0 Å². The number of ether oxygens (including phenoxy) is 1. The van der Waals surface area contributed by atoms with Gasteiger partial charge in [0.05, 0.1) is 0 Å². The lowest BCUT2D eigenvalue weighted by atomic mass is 9.82. The molecule has 1 aromatic rings. The molecule has 1 aromatic heterocycles. The first-order chi connectivity index (χ1) is 9.52. The van der Waals surface area contributed by atoms with Crippen molar-refractivity contribution < 1.29 is 4.74 Å². The fourth-order valence-electron chi connectivity index (χ4n) is 2.09. The van der Waals surface area contributed by atoms with Crippen LogP contribution in [0.2, 0.25) is 0 Å². The Bertz CT molecular complexity index is 444. The van der Waals surface area contributed by atoms with Gasteiger partial charge >= 0.3 is 0 Å². The summed E-state index contributed by atoms with van der Waals surface area (Å²) in [6.07, 6.45) is 2.12. The average molecular weight is 280 g/mol. The molecular weight excluding hydrogens is 256 g/mol. The first-order valence-electron chi connectivity index (χ1n) is 6.95. The summed E-state index contributed by atoms with van der Waals surface area (Å²) in [6, 6.07) is 0. The van der Waals surface area contributed by atoms with Gasteiger partial charge in [0.15, 0.2) is 0 Å². The molecule has 20 heavy (non-hydrogen) atoms. The predicted octanol–water partition coefficient (Wildman–Crippen LogP) is 1.21. The van der Waals surface area contributed by atoms with Crippen LogP contribution in [0.25, 0.3) is 0 Å². The zero-order valence-electron chi connectivity index (χ0n) is 12.7. The van der Waals surface area contributed by atoms with E-state index >= 15 is 0 Å². The maximum Gasteiger partial charge on any atom is 0.231 e. The summed E-state index contributed by atoms with van der Waals surface area (Å²) in [6.45, 7) is 4.78. The van der Waals surface area contributed by atoms with E-state index in [0.717, 1.165) is 32.6 Å². The third-order valence-electron chi connectivity index (χ3n) is 3.62. The van der Waals surface area contributed by atoms with Crippen molar-refractivity contribution in [2.45, 2.75) is 19.8 Å². The molecule has 1 saturated heterocycles. The number of rotatable bonds is 5. The minimum Gasteiger partial charge on any atom is -0.381 e. The Morgan fingerprint density at radius 2 is 1.80 bits per heavy atom. The summed E-state index contributed by atoms with van der Waals surface area (Å²) in [5.41, 5.74) is 0.239. The fourth-order valence-corrected chi connectivity index (χ4v) is 2.09. The normalized spacial score (nSPS) is 17.6. The van der Waals surface area contributed by atoms with Gasteiger partial charge in [0.2, 0.25) is 17.8 Å². The minimum atomic E-state index is 0.239. The third-order valence-corrected chi connectivity index (χ3v) is 3.62. The average Bonchev–Trinajstić information content (AvgIpc) is 2.45. The third kappa shape index (κ3) is 3.69. The van der Waals surface area contributed by atoms with Crippen molar-refractivity contribution >= 4 is 17.8 Å². The lowest BCUT2D eigenvalue weighted by Gasteiger charge is -2.33. The summed E-state index contributed by atoms with van der Waals surface area (Å²) >= 11 is 0. The van der Waals surface area contributed by atoms with E-state index in [1.54, 1.807) is 7.05 Å². The summed E-state index contributed by atoms with van der Waals surface area (Å²) in [4.78, 5) is 14.9. The molecule has 7 heteroatoms. The number of aromatic nitrogens is 3. The molecule has 2 N–H and O–H groups in total. The van der Waals surface area contributed by atoms with Crippen molar-refractivity contribution in [2.75, 3.05) is 56.4 Å². The quantitative estimate of drug-likeness (QED) is 0.839. The number of anilines is 3. The maximum absolute atomic E-state index is 5.42. The fraction of sp³-hybridized carbons (Fsp3) is 0.769. The Hall–Kier alpha value is -1.63. The van der Waals surface area contributed by atoms with Crippen molar-refractivity contribution in [1.29, 1.82) is 0 Å². The molecule has 1 aliphatic rings. The highest BCUT2D eigenvalue weighted by Crippen LogP contribution is 2.29. The number of nitrogens with zero attached hydrogens (tertiary/aromatic N) is 4. The van der Waals surface area contributed by atoms with Gasteiger partial charge < -0.3 is 20.3 Å². The van der Waals surface area contributed by atoms with E-state index in [-0.39, 0.29) is 5.41 Å². The van der Waals surface area contributed by atoms with Gasteiger partial charge in [-0.25, -0.2) is 0 Å². The standard InChI is InChI=1S/C13H24N6O/c1-13(5-7-20-8-6-13)9-15-11-16-10(14-2)17-12(18-11)19(3)4/h5-9H2,1-4H3,(H2,14,15,16,17,18). The number of hydrogen-bond donors (Lipinski definition) is 2. The predicted molar refractivity (Wildman–Crippen MR) is 80.4 cm³/mol. The molecule has 0 atom stereocenters. The first kappa shape index (κ1) is 14.8. The largest absolute Gasteiger partial charge is 0.381 e. The maximum atomic E-state index is 5.42. The molecule has 0 aliphatic carbocycles. The molecule has 0 aromatic carbocycles. The first-order valence-corrected chi connectivity index (χ1v) is 6.95. The van der Waals surface area contributed by atoms with Gasteiger partial charge in [-0.15, -0.1) is 0 Å². The topological polar surface area (TPSA) is 75.2 Å². The van der Waals surface area contributed by atoms with Crippen molar-refractivity contribution in [3.8, 4) is 0 Å². The molecule has 0 saturated carbocycles. The van der Waals surface area contributed by atoms with Crippen molar-refractivity contribution in [2.24, 2.45) is 5.41 Å². The Balaban J connectivity index is 2.06. The van der Waals surface area contributed by atoms with Gasteiger partial charge in [0.25, 0.3) is 0 Å². The molecule has 1 aliphatic heterocycles. The van der Waals surface area contributed by atoms with Gasteiger partial charge in [-0.3, -0.25) is 0 Å². The SMILES string of the molecule is CNc1nc(NCC2(C)CCOCC2)nc(N(C)C)n1. The molecule has 0 spiro atoms. The van der Waals surface area contributed by atoms with Crippen LogP contribution >= 0.6 is 0 Å². The second-order valence-electron chi connectivity index (χ2n) is 5.70. The zero-order chi connectivity index (χ0) is 14.6. The van der Waals surface area contributed by atoms with Gasteiger partial charge in [-0.05, 0) is 18.3 Å². The molecule has 0 bridgehead atoms. The summed E-state index contributed by atoms with van der Waals surface area (Å²) in [5.74, 6) is 1.83. The Kier molecular flexibility index (Phi) is 4.59. The van der Waals surface area contributed by atoms with Crippen LogP contribution in [-0.2, 0) is 4.74 Å². The van der Waals surface area contributed by atoms with E-state index in [0.29, 0.717) is 17.8 Å². The molecule has 112 valence electrons. The summed E-state index contributed by atoms with van der Waals surface area (Å²) in [7, 11) is 5.63. The van der Waals surface area contributed by atoms with Gasteiger partial charge in [0.1, 0.15) is 0 Å². The van der Waals surface area contributed by atoms with Crippen LogP contribution in [0.5, 0.6) is 0 Å². The summed E-state index contributed by atoms with van der Waals surface area (Å²) in [5, 5.41) is 6.30.